The second-order valence-electron chi connectivity index (χ2n) is 3.92. The molecule has 1 unspecified atom stereocenters. The van der Waals surface area contributed by atoms with Gasteiger partial charge in [-0.1, -0.05) is 0 Å². The molecule has 0 N–H and O–H groups in total. The van der Waals surface area contributed by atoms with E-state index in [-0.39, 0.29) is 11.9 Å². The summed E-state index contributed by atoms with van der Waals surface area (Å²) in [7, 11) is 1.88. The molecule has 1 saturated heterocycles. The van der Waals surface area contributed by atoms with Crippen LogP contribution in [0.1, 0.15) is 12.0 Å². The first-order valence-corrected chi connectivity index (χ1v) is 6.61. The minimum atomic E-state index is -0.185. The number of aryl methyl sites for hydroxylation is 2. The van der Waals surface area contributed by atoms with Crippen molar-refractivity contribution in [3.8, 4) is 0 Å². The molecule has 0 aliphatic carbocycles. The second kappa shape index (κ2) is 5.50. The van der Waals surface area contributed by atoms with E-state index >= 15 is 0 Å². The summed E-state index contributed by atoms with van der Waals surface area (Å²) < 4.78 is 7.20. The number of rotatable bonds is 4. The summed E-state index contributed by atoms with van der Waals surface area (Å²) in [5.74, 6) is 2.04. The Hall–Kier alpha value is -0.810. The molecule has 0 radical (unpaired) electrons. The lowest BCUT2D eigenvalue weighted by molar-refractivity contribution is -0.129. The highest BCUT2D eigenvalue weighted by molar-refractivity contribution is 7.99. The summed E-state index contributed by atoms with van der Waals surface area (Å²) in [5, 5.41) is 4.08. The van der Waals surface area contributed by atoms with Crippen molar-refractivity contribution in [1.82, 2.24) is 9.78 Å². The zero-order valence-electron chi connectivity index (χ0n) is 9.39. The van der Waals surface area contributed by atoms with Crippen molar-refractivity contribution in [3.05, 3.63) is 18.0 Å². The SMILES string of the molecule is Cn1cc(CCC(=O)C2CSCCO2)cn1. The van der Waals surface area contributed by atoms with E-state index < -0.39 is 0 Å². The monoisotopic (exact) mass is 240 g/mol. The van der Waals surface area contributed by atoms with Crippen LogP contribution in [0, 0.1) is 0 Å². The standard InChI is InChI=1S/C11H16N2O2S/c1-13-7-9(6-12-13)2-3-10(14)11-8-16-5-4-15-11/h6-7,11H,2-5,8H2,1H3. The first-order valence-electron chi connectivity index (χ1n) is 5.45. The minimum absolute atomic E-state index is 0.185. The Morgan fingerprint density at radius 3 is 3.25 bits per heavy atom. The highest BCUT2D eigenvalue weighted by atomic mass is 32.2. The van der Waals surface area contributed by atoms with E-state index in [0.717, 1.165) is 23.5 Å². The summed E-state index contributed by atoms with van der Waals surface area (Å²) in [6.45, 7) is 0.702. The number of hydrogen-bond acceptors (Lipinski definition) is 4. The van der Waals surface area contributed by atoms with Crippen LogP contribution >= 0.6 is 11.8 Å². The lowest BCUT2D eigenvalue weighted by atomic mass is 10.1. The van der Waals surface area contributed by atoms with Crippen LogP contribution in [-0.2, 0) is 23.0 Å². The maximum atomic E-state index is 11.8. The molecule has 1 aromatic heterocycles. The third-order valence-corrected chi connectivity index (χ3v) is 3.59. The van der Waals surface area contributed by atoms with Crippen LogP contribution in [0.15, 0.2) is 12.4 Å². The van der Waals surface area contributed by atoms with Crippen LogP contribution in [0.3, 0.4) is 0 Å². The predicted molar refractivity (Wildman–Crippen MR) is 63.6 cm³/mol. The first kappa shape index (κ1) is 11.7. The molecular weight excluding hydrogens is 224 g/mol. The van der Waals surface area contributed by atoms with Gasteiger partial charge in [0.05, 0.1) is 12.8 Å². The van der Waals surface area contributed by atoms with Crippen LogP contribution in [0.4, 0.5) is 0 Å². The van der Waals surface area contributed by atoms with Gasteiger partial charge in [0, 0.05) is 31.2 Å². The number of thioether (sulfide) groups is 1. The van der Waals surface area contributed by atoms with E-state index in [1.807, 2.05) is 19.4 Å². The quantitative estimate of drug-likeness (QED) is 0.789. The molecule has 0 bridgehead atoms. The largest absolute Gasteiger partial charge is 0.369 e. The molecule has 16 heavy (non-hydrogen) atoms. The van der Waals surface area contributed by atoms with Crippen molar-refractivity contribution in [2.75, 3.05) is 18.1 Å². The molecule has 0 spiro atoms. The van der Waals surface area contributed by atoms with Crippen molar-refractivity contribution >= 4 is 17.5 Å². The van der Waals surface area contributed by atoms with Gasteiger partial charge in [-0.05, 0) is 12.0 Å². The highest BCUT2D eigenvalue weighted by Gasteiger charge is 2.21. The Kier molecular flexibility index (Phi) is 4.01. The van der Waals surface area contributed by atoms with Gasteiger partial charge >= 0.3 is 0 Å². The van der Waals surface area contributed by atoms with Gasteiger partial charge in [0.15, 0.2) is 5.78 Å². The first-order chi connectivity index (χ1) is 7.75. The molecule has 1 aliphatic rings. The molecule has 5 heteroatoms. The average molecular weight is 240 g/mol. The maximum Gasteiger partial charge on any atom is 0.162 e. The summed E-state index contributed by atoms with van der Waals surface area (Å²) in [5.41, 5.74) is 1.11. The number of ether oxygens (including phenoxy) is 1. The van der Waals surface area contributed by atoms with Gasteiger partial charge in [-0.3, -0.25) is 9.48 Å². The second-order valence-corrected chi connectivity index (χ2v) is 5.07. The van der Waals surface area contributed by atoms with Crippen LogP contribution in [-0.4, -0.2) is 39.8 Å². The smallest absolute Gasteiger partial charge is 0.162 e. The molecule has 0 saturated carbocycles. The van der Waals surface area contributed by atoms with Crippen molar-refractivity contribution in [3.63, 3.8) is 0 Å². The molecule has 1 atom stereocenters. The minimum Gasteiger partial charge on any atom is -0.369 e. The lowest BCUT2D eigenvalue weighted by Crippen LogP contribution is -2.31. The summed E-state index contributed by atoms with van der Waals surface area (Å²) in [6, 6.07) is 0. The van der Waals surface area contributed by atoms with Gasteiger partial charge in [-0.2, -0.15) is 16.9 Å². The molecule has 1 fully saturated rings. The predicted octanol–water partition coefficient (Wildman–Crippen LogP) is 1.05. The fourth-order valence-electron chi connectivity index (χ4n) is 1.70. The van der Waals surface area contributed by atoms with Gasteiger partial charge in [-0.15, -0.1) is 0 Å². The maximum absolute atomic E-state index is 11.8. The Balaban J connectivity index is 1.78. The Morgan fingerprint density at radius 2 is 2.62 bits per heavy atom. The Bertz CT molecular complexity index is 359. The van der Waals surface area contributed by atoms with Gasteiger partial charge in [0.1, 0.15) is 6.10 Å². The van der Waals surface area contributed by atoms with E-state index in [4.69, 9.17) is 4.74 Å². The number of carbonyl (C=O) groups is 1. The molecule has 0 aromatic carbocycles. The fraction of sp³-hybridized carbons (Fsp3) is 0.636. The number of Topliss-reactive ketones (excluding diaryl/α,β-unsaturated/α-hetero) is 1. The average Bonchev–Trinajstić information content (AvgIpc) is 2.73. The van der Waals surface area contributed by atoms with Gasteiger partial charge < -0.3 is 4.74 Å². The van der Waals surface area contributed by atoms with Crippen LogP contribution in [0.5, 0.6) is 0 Å². The number of ketones is 1. The molecule has 1 aliphatic heterocycles. The van der Waals surface area contributed by atoms with Gasteiger partial charge in [-0.25, -0.2) is 0 Å². The fourth-order valence-corrected chi connectivity index (χ4v) is 2.58. The number of nitrogens with zero attached hydrogens (tertiary/aromatic N) is 2. The van der Waals surface area contributed by atoms with Crippen LogP contribution < -0.4 is 0 Å². The molecule has 0 amide bonds. The molecule has 4 nitrogen and oxygen atoms in total. The van der Waals surface area contributed by atoms with Crippen molar-refractivity contribution in [2.45, 2.75) is 18.9 Å². The Labute approximate surface area is 99.4 Å². The van der Waals surface area contributed by atoms with Crippen molar-refractivity contribution in [2.24, 2.45) is 7.05 Å². The highest BCUT2D eigenvalue weighted by Crippen LogP contribution is 2.15. The summed E-state index contributed by atoms with van der Waals surface area (Å²) in [6.07, 6.45) is 4.89. The van der Waals surface area contributed by atoms with E-state index in [0.29, 0.717) is 13.0 Å². The third-order valence-electron chi connectivity index (χ3n) is 2.59. The summed E-state index contributed by atoms with van der Waals surface area (Å²) in [4.78, 5) is 11.8. The summed E-state index contributed by atoms with van der Waals surface area (Å²) >= 11 is 1.79. The molecular formula is C11H16N2O2S. The number of carbonyl (C=O) groups excluding carboxylic acids is 1. The van der Waals surface area contributed by atoms with Crippen LogP contribution in [0.25, 0.3) is 0 Å². The van der Waals surface area contributed by atoms with E-state index in [9.17, 15) is 4.79 Å². The Morgan fingerprint density at radius 1 is 1.75 bits per heavy atom. The molecule has 2 rings (SSSR count). The van der Waals surface area contributed by atoms with Gasteiger partial charge in [0.2, 0.25) is 0 Å². The normalized spacial score (nSPS) is 20.9. The van der Waals surface area contributed by atoms with Crippen molar-refractivity contribution in [1.29, 1.82) is 0 Å². The van der Waals surface area contributed by atoms with Crippen LogP contribution in [0.2, 0.25) is 0 Å². The molecule has 1 aromatic rings. The van der Waals surface area contributed by atoms with E-state index in [2.05, 4.69) is 5.10 Å². The van der Waals surface area contributed by atoms with Crippen molar-refractivity contribution < 1.29 is 9.53 Å². The van der Waals surface area contributed by atoms with E-state index in [1.54, 1.807) is 16.4 Å². The lowest BCUT2D eigenvalue weighted by Gasteiger charge is -2.20. The third kappa shape index (κ3) is 3.09. The topological polar surface area (TPSA) is 44.1 Å². The van der Waals surface area contributed by atoms with E-state index in [1.165, 1.54) is 0 Å². The van der Waals surface area contributed by atoms with Gasteiger partial charge in [0.25, 0.3) is 0 Å². The zero-order valence-corrected chi connectivity index (χ0v) is 10.2. The molecule has 88 valence electrons. The number of aromatic nitrogens is 2. The molecule has 2 heterocycles. The number of hydrogen-bond donors (Lipinski definition) is 0. The zero-order chi connectivity index (χ0) is 11.4.